The van der Waals surface area contributed by atoms with Gasteiger partial charge in [-0.1, -0.05) is 39.0 Å². The lowest BCUT2D eigenvalue weighted by Crippen LogP contribution is -2.12. The zero-order chi connectivity index (χ0) is 12.5. The van der Waals surface area contributed by atoms with Gasteiger partial charge in [0.05, 0.1) is 17.1 Å². The van der Waals surface area contributed by atoms with Crippen LogP contribution >= 0.6 is 0 Å². The Hall–Kier alpha value is -1.61. The molecular formula is C14H19N3. The molecule has 2 N–H and O–H groups in total. The maximum Gasteiger partial charge on any atom is 0.0685 e. The molecule has 0 saturated carbocycles. The van der Waals surface area contributed by atoms with Gasteiger partial charge in [0.1, 0.15) is 0 Å². The van der Waals surface area contributed by atoms with Crippen LogP contribution in [0.1, 0.15) is 32.2 Å². The molecule has 1 aromatic heterocycles. The lowest BCUT2D eigenvalue weighted by molar-refractivity contribution is 0.560. The second-order valence-electron chi connectivity index (χ2n) is 5.22. The maximum atomic E-state index is 5.78. The molecule has 17 heavy (non-hydrogen) atoms. The molecule has 1 aromatic carbocycles. The highest BCUT2D eigenvalue weighted by atomic mass is 15.3. The molecule has 0 saturated heterocycles. The zero-order valence-electron chi connectivity index (χ0n) is 10.6. The summed E-state index contributed by atoms with van der Waals surface area (Å²) in [5, 5.41) is 4.66. The summed E-state index contributed by atoms with van der Waals surface area (Å²) in [4.78, 5) is 0. The molecule has 0 atom stereocenters. The van der Waals surface area contributed by atoms with E-state index in [0.29, 0.717) is 6.54 Å². The third kappa shape index (κ3) is 2.39. The van der Waals surface area contributed by atoms with Gasteiger partial charge in [-0.3, -0.25) is 0 Å². The summed E-state index contributed by atoms with van der Waals surface area (Å²) >= 11 is 0. The van der Waals surface area contributed by atoms with Crippen LogP contribution in [0.25, 0.3) is 5.69 Å². The number of rotatable bonds is 2. The maximum absolute atomic E-state index is 5.78. The first-order valence-electron chi connectivity index (χ1n) is 5.87. The van der Waals surface area contributed by atoms with Crippen molar-refractivity contribution in [3.05, 3.63) is 47.8 Å². The Morgan fingerprint density at radius 3 is 2.35 bits per heavy atom. The average molecular weight is 229 g/mol. The third-order valence-electron chi connectivity index (χ3n) is 2.76. The number of para-hydroxylation sites is 1. The van der Waals surface area contributed by atoms with E-state index in [2.05, 4.69) is 31.9 Å². The molecule has 0 spiro atoms. The van der Waals surface area contributed by atoms with Crippen LogP contribution in [0.4, 0.5) is 0 Å². The summed E-state index contributed by atoms with van der Waals surface area (Å²) in [6, 6.07) is 12.2. The first-order chi connectivity index (χ1) is 8.02. The molecule has 3 nitrogen and oxygen atoms in total. The van der Waals surface area contributed by atoms with Gasteiger partial charge in [0, 0.05) is 12.0 Å². The van der Waals surface area contributed by atoms with Gasteiger partial charge < -0.3 is 5.73 Å². The van der Waals surface area contributed by atoms with Crippen molar-refractivity contribution < 1.29 is 0 Å². The Bertz CT molecular complexity index is 492. The molecule has 2 aromatic rings. The molecular weight excluding hydrogens is 210 g/mol. The van der Waals surface area contributed by atoms with Crippen LogP contribution in [0.5, 0.6) is 0 Å². The van der Waals surface area contributed by atoms with E-state index in [1.54, 1.807) is 0 Å². The number of nitrogens with two attached hydrogens (primary N) is 1. The van der Waals surface area contributed by atoms with Gasteiger partial charge in [0.25, 0.3) is 0 Å². The van der Waals surface area contributed by atoms with Gasteiger partial charge in [-0.15, -0.1) is 0 Å². The zero-order valence-corrected chi connectivity index (χ0v) is 10.6. The molecule has 0 radical (unpaired) electrons. The molecule has 2 rings (SSSR count). The van der Waals surface area contributed by atoms with Crippen LogP contribution in [-0.2, 0) is 12.0 Å². The fraction of sp³-hybridized carbons (Fsp3) is 0.357. The summed E-state index contributed by atoms with van der Waals surface area (Å²) in [5.74, 6) is 0. The molecule has 0 aliphatic carbocycles. The second kappa shape index (κ2) is 4.34. The molecule has 0 aliphatic rings. The number of nitrogens with zero attached hydrogens (tertiary/aromatic N) is 2. The first kappa shape index (κ1) is 11.9. The summed E-state index contributed by atoms with van der Waals surface area (Å²) in [7, 11) is 0. The van der Waals surface area contributed by atoms with Crippen LogP contribution in [0.3, 0.4) is 0 Å². The number of hydrogen-bond donors (Lipinski definition) is 1. The van der Waals surface area contributed by atoms with Gasteiger partial charge in [-0.05, 0) is 18.2 Å². The Morgan fingerprint density at radius 1 is 1.18 bits per heavy atom. The largest absolute Gasteiger partial charge is 0.325 e. The van der Waals surface area contributed by atoms with Crippen LogP contribution in [0.15, 0.2) is 36.4 Å². The van der Waals surface area contributed by atoms with E-state index in [9.17, 15) is 0 Å². The van der Waals surface area contributed by atoms with Crippen molar-refractivity contribution in [2.75, 3.05) is 0 Å². The Labute approximate surface area is 102 Å². The Kier molecular flexibility index (Phi) is 3.03. The van der Waals surface area contributed by atoms with E-state index < -0.39 is 0 Å². The van der Waals surface area contributed by atoms with Gasteiger partial charge in [0.2, 0.25) is 0 Å². The van der Waals surface area contributed by atoms with Gasteiger partial charge >= 0.3 is 0 Å². The molecule has 3 heteroatoms. The highest BCUT2D eigenvalue weighted by molar-refractivity contribution is 5.34. The van der Waals surface area contributed by atoms with E-state index in [1.165, 1.54) is 0 Å². The standard InChI is InChI=1S/C14H19N3/c1-14(2,3)13-9-12(10-15)17(16-13)11-7-5-4-6-8-11/h4-9H,10,15H2,1-3H3. The summed E-state index contributed by atoms with van der Waals surface area (Å²) < 4.78 is 1.93. The van der Waals surface area contributed by atoms with Crippen molar-refractivity contribution in [2.24, 2.45) is 5.73 Å². The predicted octanol–water partition coefficient (Wildman–Crippen LogP) is 2.63. The average Bonchev–Trinajstić information content (AvgIpc) is 2.73. The van der Waals surface area contributed by atoms with Crippen molar-refractivity contribution in [2.45, 2.75) is 32.7 Å². The second-order valence-corrected chi connectivity index (χ2v) is 5.22. The lowest BCUT2D eigenvalue weighted by atomic mass is 9.92. The number of hydrogen-bond acceptors (Lipinski definition) is 2. The highest BCUT2D eigenvalue weighted by Crippen LogP contribution is 2.23. The summed E-state index contributed by atoms with van der Waals surface area (Å²) in [5.41, 5.74) is 9.00. The van der Waals surface area contributed by atoms with Crippen molar-refractivity contribution in [3.63, 3.8) is 0 Å². The number of aromatic nitrogens is 2. The molecule has 0 bridgehead atoms. The minimum Gasteiger partial charge on any atom is -0.325 e. The van der Waals surface area contributed by atoms with Crippen molar-refractivity contribution in [3.8, 4) is 5.69 Å². The van der Waals surface area contributed by atoms with E-state index in [1.807, 2.05) is 35.0 Å². The van der Waals surface area contributed by atoms with Crippen molar-refractivity contribution >= 4 is 0 Å². The van der Waals surface area contributed by atoms with Gasteiger partial charge in [-0.2, -0.15) is 5.10 Å². The van der Waals surface area contributed by atoms with E-state index >= 15 is 0 Å². The van der Waals surface area contributed by atoms with E-state index in [-0.39, 0.29) is 5.41 Å². The molecule has 0 fully saturated rings. The predicted molar refractivity (Wildman–Crippen MR) is 70.2 cm³/mol. The van der Waals surface area contributed by atoms with Crippen molar-refractivity contribution in [1.82, 2.24) is 9.78 Å². The molecule has 90 valence electrons. The first-order valence-corrected chi connectivity index (χ1v) is 5.87. The quantitative estimate of drug-likeness (QED) is 0.860. The molecule has 0 unspecified atom stereocenters. The van der Waals surface area contributed by atoms with Crippen LogP contribution in [0, 0.1) is 0 Å². The molecule has 0 amide bonds. The topological polar surface area (TPSA) is 43.8 Å². The smallest absolute Gasteiger partial charge is 0.0685 e. The highest BCUT2D eigenvalue weighted by Gasteiger charge is 2.19. The molecule has 0 aliphatic heterocycles. The Morgan fingerprint density at radius 2 is 1.82 bits per heavy atom. The van der Waals surface area contributed by atoms with Crippen LogP contribution in [0.2, 0.25) is 0 Å². The molecule has 1 heterocycles. The SMILES string of the molecule is CC(C)(C)c1cc(CN)n(-c2ccccc2)n1. The summed E-state index contributed by atoms with van der Waals surface area (Å²) in [6.07, 6.45) is 0. The third-order valence-corrected chi connectivity index (χ3v) is 2.76. The lowest BCUT2D eigenvalue weighted by Gasteiger charge is -2.14. The van der Waals surface area contributed by atoms with E-state index in [4.69, 9.17) is 5.73 Å². The Balaban J connectivity index is 2.51. The van der Waals surface area contributed by atoms with Crippen LogP contribution in [-0.4, -0.2) is 9.78 Å². The minimum atomic E-state index is 0.0456. The number of benzene rings is 1. The fourth-order valence-corrected chi connectivity index (χ4v) is 1.72. The monoisotopic (exact) mass is 229 g/mol. The summed E-state index contributed by atoms with van der Waals surface area (Å²) in [6.45, 7) is 6.97. The van der Waals surface area contributed by atoms with Crippen LogP contribution < -0.4 is 5.73 Å². The minimum absolute atomic E-state index is 0.0456. The van der Waals surface area contributed by atoms with Crippen molar-refractivity contribution in [1.29, 1.82) is 0 Å². The normalized spacial score (nSPS) is 11.8. The van der Waals surface area contributed by atoms with E-state index in [0.717, 1.165) is 17.1 Å². The van der Waals surface area contributed by atoms with Gasteiger partial charge in [-0.25, -0.2) is 4.68 Å². The van der Waals surface area contributed by atoms with Gasteiger partial charge in [0.15, 0.2) is 0 Å². The fourth-order valence-electron chi connectivity index (χ4n) is 1.72.